The molecule has 1 fully saturated rings. The molecule has 0 aliphatic heterocycles. The third kappa shape index (κ3) is 3.01. The van der Waals surface area contributed by atoms with Crippen molar-refractivity contribution >= 4 is 5.91 Å². The molecule has 124 valence electrons. The van der Waals surface area contributed by atoms with Crippen molar-refractivity contribution in [1.82, 2.24) is 10.1 Å². The average Bonchev–Trinajstić information content (AvgIpc) is 3.32. The summed E-state index contributed by atoms with van der Waals surface area (Å²) in [5.41, 5.74) is 1.79. The lowest BCUT2D eigenvalue weighted by molar-refractivity contribution is -0.131. The number of fused-ring (bicyclic) bond motifs is 2. The number of allylic oxidation sites excluding steroid dienone is 2. The molecule has 1 heterocycles. The molecule has 1 amide bonds. The Morgan fingerprint density at radius 3 is 2.79 bits per heavy atom. The molecule has 0 spiro atoms. The van der Waals surface area contributed by atoms with Gasteiger partial charge in [0.2, 0.25) is 5.91 Å². The van der Waals surface area contributed by atoms with Gasteiger partial charge in [-0.1, -0.05) is 47.6 Å². The number of benzene rings is 1. The van der Waals surface area contributed by atoms with E-state index in [1.165, 1.54) is 12.8 Å². The molecular formula is C20H22N2O2. The van der Waals surface area contributed by atoms with E-state index in [-0.39, 0.29) is 5.91 Å². The van der Waals surface area contributed by atoms with Gasteiger partial charge in [0.15, 0.2) is 5.76 Å². The summed E-state index contributed by atoms with van der Waals surface area (Å²) >= 11 is 0. The molecule has 1 aromatic carbocycles. The zero-order valence-electron chi connectivity index (χ0n) is 13.9. The van der Waals surface area contributed by atoms with Crippen LogP contribution in [0.1, 0.15) is 25.0 Å². The van der Waals surface area contributed by atoms with Crippen molar-refractivity contribution in [2.24, 2.45) is 17.8 Å². The lowest BCUT2D eigenvalue weighted by atomic mass is 9.90. The van der Waals surface area contributed by atoms with Gasteiger partial charge < -0.3 is 9.42 Å². The molecular weight excluding hydrogens is 300 g/mol. The van der Waals surface area contributed by atoms with Crippen LogP contribution in [-0.2, 0) is 11.3 Å². The quantitative estimate of drug-likeness (QED) is 0.784. The van der Waals surface area contributed by atoms with Gasteiger partial charge in [-0.2, -0.15) is 0 Å². The van der Waals surface area contributed by atoms with E-state index in [0.29, 0.717) is 30.7 Å². The standard InChI is InChI=1S/C20H22N2O2/c1-22(20(23)11-17-10-14-7-8-16(17)9-14)13-18-12-19(24-21-18)15-5-3-2-4-6-15/h2-8,12,14,16-17H,9-11,13H2,1H3/t14-,16+,17+/m1/s1. The predicted molar refractivity (Wildman–Crippen MR) is 91.9 cm³/mol. The van der Waals surface area contributed by atoms with Crippen LogP contribution in [-0.4, -0.2) is 23.0 Å². The van der Waals surface area contributed by atoms with Gasteiger partial charge in [-0.3, -0.25) is 4.79 Å². The fraction of sp³-hybridized carbons (Fsp3) is 0.400. The highest BCUT2D eigenvalue weighted by molar-refractivity contribution is 5.76. The van der Waals surface area contributed by atoms with Crippen molar-refractivity contribution in [2.45, 2.75) is 25.8 Å². The van der Waals surface area contributed by atoms with Crippen LogP contribution in [0.2, 0.25) is 0 Å². The van der Waals surface area contributed by atoms with Crippen LogP contribution in [0.4, 0.5) is 0 Å². The summed E-state index contributed by atoms with van der Waals surface area (Å²) in [6, 6.07) is 11.8. The fourth-order valence-corrected chi connectivity index (χ4v) is 3.97. The minimum absolute atomic E-state index is 0.199. The minimum atomic E-state index is 0.199. The summed E-state index contributed by atoms with van der Waals surface area (Å²) in [5.74, 6) is 2.79. The zero-order chi connectivity index (χ0) is 16.5. The number of nitrogens with zero attached hydrogens (tertiary/aromatic N) is 2. The Morgan fingerprint density at radius 2 is 2.08 bits per heavy atom. The van der Waals surface area contributed by atoms with E-state index in [9.17, 15) is 4.79 Å². The maximum absolute atomic E-state index is 12.5. The fourth-order valence-electron chi connectivity index (χ4n) is 3.97. The van der Waals surface area contributed by atoms with Crippen LogP contribution in [0.3, 0.4) is 0 Å². The lowest BCUT2D eigenvalue weighted by Crippen LogP contribution is -2.29. The minimum Gasteiger partial charge on any atom is -0.356 e. The number of rotatable bonds is 5. The number of amides is 1. The van der Waals surface area contributed by atoms with E-state index < -0.39 is 0 Å². The van der Waals surface area contributed by atoms with Crippen LogP contribution >= 0.6 is 0 Å². The smallest absolute Gasteiger partial charge is 0.222 e. The van der Waals surface area contributed by atoms with E-state index in [1.807, 2.05) is 43.4 Å². The van der Waals surface area contributed by atoms with Gasteiger partial charge in [-0.05, 0) is 30.6 Å². The van der Waals surface area contributed by atoms with Crippen LogP contribution < -0.4 is 0 Å². The van der Waals surface area contributed by atoms with Crippen LogP contribution in [0.5, 0.6) is 0 Å². The molecule has 0 radical (unpaired) electrons. The second kappa shape index (κ2) is 6.27. The Balaban J connectivity index is 1.36. The number of hydrogen-bond acceptors (Lipinski definition) is 3. The summed E-state index contributed by atoms with van der Waals surface area (Å²) in [6.45, 7) is 0.492. The zero-order valence-corrected chi connectivity index (χ0v) is 13.9. The third-order valence-electron chi connectivity index (χ3n) is 5.30. The molecule has 1 saturated carbocycles. The van der Waals surface area contributed by atoms with Gasteiger partial charge in [0.25, 0.3) is 0 Å². The topological polar surface area (TPSA) is 46.3 Å². The molecule has 2 aliphatic rings. The summed E-state index contributed by atoms with van der Waals surface area (Å²) in [6.07, 6.45) is 7.67. The van der Waals surface area contributed by atoms with E-state index in [1.54, 1.807) is 4.90 Å². The number of carbonyl (C=O) groups is 1. The number of carbonyl (C=O) groups excluding carboxylic acids is 1. The molecule has 3 atom stereocenters. The normalized spacial score (nSPS) is 24.5. The molecule has 4 nitrogen and oxygen atoms in total. The van der Waals surface area contributed by atoms with Gasteiger partial charge in [-0.15, -0.1) is 0 Å². The number of hydrogen-bond donors (Lipinski definition) is 0. The van der Waals surface area contributed by atoms with Crippen LogP contribution in [0.15, 0.2) is 53.1 Å². The van der Waals surface area contributed by atoms with Crippen molar-refractivity contribution in [1.29, 1.82) is 0 Å². The van der Waals surface area contributed by atoms with Gasteiger partial charge >= 0.3 is 0 Å². The van der Waals surface area contributed by atoms with Crippen LogP contribution in [0.25, 0.3) is 11.3 Å². The highest BCUT2D eigenvalue weighted by atomic mass is 16.5. The Kier molecular flexibility index (Phi) is 3.97. The van der Waals surface area contributed by atoms with Crippen molar-refractivity contribution in [3.63, 3.8) is 0 Å². The molecule has 0 saturated heterocycles. The molecule has 4 rings (SSSR count). The van der Waals surface area contributed by atoms with Gasteiger partial charge in [-0.25, -0.2) is 0 Å². The average molecular weight is 322 g/mol. The summed E-state index contributed by atoms with van der Waals surface area (Å²) in [4.78, 5) is 14.3. The summed E-state index contributed by atoms with van der Waals surface area (Å²) < 4.78 is 5.41. The largest absolute Gasteiger partial charge is 0.356 e. The van der Waals surface area contributed by atoms with E-state index in [4.69, 9.17) is 4.52 Å². The molecule has 0 unspecified atom stereocenters. The van der Waals surface area contributed by atoms with E-state index in [0.717, 1.165) is 17.0 Å². The summed E-state index contributed by atoms with van der Waals surface area (Å²) in [5, 5.41) is 4.10. The van der Waals surface area contributed by atoms with Gasteiger partial charge in [0.05, 0.1) is 6.54 Å². The maximum Gasteiger partial charge on any atom is 0.222 e. The molecule has 0 N–H and O–H groups in total. The Hall–Kier alpha value is -2.36. The SMILES string of the molecule is CN(Cc1cc(-c2ccccc2)on1)C(=O)C[C@@H]1C[C@@H]2C=C[C@H]1C2. The Labute approximate surface area is 142 Å². The lowest BCUT2D eigenvalue weighted by Gasteiger charge is -2.21. The highest BCUT2D eigenvalue weighted by Gasteiger charge is 2.36. The van der Waals surface area contributed by atoms with Gasteiger partial charge in [0.1, 0.15) is 5.69 Å². The monoisotopic (exact) mass is 322 g/mol. The molecule has 2 aromatic rings. The van der Waals surface area contributed by atoms with Crippen molar-refractivity contribution < 1.29 is 9.32 Å². The van der Waals surface area contributed by atoms with E-state index >= 15 is 0 Å². The van der Waals surface area contributed by atoms with E-state index in [2.05, 4.69) is 17.3 Å². The molecule has 2 bridgehead atoms. The number of aromatic nitrogens is 1. The first kappa shape index (κ1) is 15.2. The molecule has 24 heavy (non-hydrogen) atoms. The van der Waals surface area contributed by atoms with Gasteiger partial charge in [0, 0.05) is 25.1 Å². The van der Waals surface area contributed by atoms with Crippen LogP contribution in [0, 0.1) is 17.8 Å². The first-order chi connectivity index (χ1) is 11.7. The molecule has 4 heteroatoms. The molecule has 1 aromatic heterocycles. The second-order valence-electron chi connectivity index (χ2n) is 7.04. The van der Waals surface area contributed by atoms with Crippen molar-refractivity contribution in [2.75, 3.05) is 7.05 Å². The summed E-state index contributed by atoms with van der Waals surface area (Å²) in [7, 11) is 1.85. The Morgan fingerprint density at radius 1 is 1.25 bits per heavy atom. The maximum atomic E-state index is 12.5. The second-order valence-corrected chi connectivity index (χ2v) is 7.04. The first-order valence-corrected chi connectivity index (χ1v) is 8.62. The predicted octanol–water partition coefficient (Wildman–Crippen LogP) is 3.90. The van der Waals surface area contributed by atoms with Crippen molar-refractivity contribution in [3.05, 3.63) is 54.2 Å². The highest BCUT2D eigenvalue weighted by Crippen LogP contribution is 2.45. The first-order valence-electron chi connectivity index (χ1n) is 8.62. The van der Waals surface area contributed by atoms with Crippen molar-refractivity contribution in [3.8, 4) is 11.3 Å². The third-order valence-corrected chi connectivity index (χ3v) is 5.30. The Bertz CT molecular complexity index is 750. The molecule has 2 aliphatic carbocycles.